The van der Waals surface area contributed by atoms with Crippen molar-refractivity contribution in [2.45, 2.75) is 32.8 Å². The number of unbranched alkanes of at least 4 members (excludes halogenated alkanes) is 1. The second-order valence-electron chi connectivity index (χ2n) is 4.43. The molecule has 1 amide bonds. The second kappa shape index (κ2) is 8.19. The highest BCUT2D eigenvalue weighted by molar-refractivity contribution is 5.82. The Hall–Kier alpha value is -2.04. The molecule has 1 aromatic rings. The molecular formula is C15H21NO4. The summed E-state index contributed by atoms with van der Waals surface area (Å²) in [5, 5.41) is 2.79. The van der Waals surface area contributed by atoms with Gasteiger partial charge in [0.2, 0.25) is 0 Å². The summed E-state index contributed by atoms with van der Waals surface area (Å²) in [6.07, 6.45) is 1.97. The van der Waals surface area contributed by atoms with Gasteiger partial charge in [-0.2, -0.15) is 0 Å². The summed E-state index contributed by atoms with van der Waals surface area (Å²) in [6.45, 7) is 4.34. The van der Waals surface area contributed by atoms with Gasteiger partial charge in [-0.3, -0.25) is 9.59 Å². The van der Waals surface area contributed by atoms with Crippen molar-refractivity contribution >= 4 is 12.2 Å². The summed E-state index contributed by atoms with van der Waals surface area (Å²) >= 11 is 0. The van der Waals surface area contributed by atoms with Gasteiger partial charge in [0.1, 0.15) is 11.5 Å². The van der Waals surface area contributed by atoms with Gasteiger partial charge in [-0.25, -0.2) is 0 Å². The Labute approximate surface area is 119 Å². The summed E-state index contributed by atoms with van der Waals surface area (Å²) in [5.41, 5.74) is 0.359. The fraction of sp³-hybridized carbons (Fsp3) is 0.467. The third-order valence-electron chi connectivity index (χ3n) is 2.85. The lowest BCUT2D eigenvalue weighted by atomic mass is 10.2. The minimum atomic E-state index is -0.654. The fourth-order valence-electron chi connectivity index (χ4n) is 1.63. The Morgan fingerprint density at radius 1 is 1.45 bits per heavy atom. The van der Waals surface area contributed by atoms with Crippen LogP contribution in [0, 0.1) is 0 Å². The van der Waals surface area contributed by atoms with Gasteiger partial charge in [0.25, 0.3) is 5.91 Å². The standard InChI is InChI=1S/C15H21NO4/c1-4-5-8-16-15(18)11(2)20-14-7-6-13(19-3)9-12(14)10-17/h6-7,9-11H,4-5,8H2,1-3H3,(H,16,18). The molecule has 5 nitrogen and oxygen atoms in total. The number of carbonyl (C=O) groups is 2. The third kappa shape index (κ3) is 4.57. The van der Waals surface area contributed by atoms with Gasteiger partial charge in [-0.05, 0) is 31.5 Å². The normalized spacial score (nSPS) is 11.6. The van der Waals surface area contributed by atoms with Crippen LogP contribution >= 0.6 is 0 Å². The first-order valence-electron chi connectivity index (χ1n) is 6.70. The number of hydrogen-bond donors (Lipinski definition) is 1. The number of ether oxygens (including phenoxy) is 2. The van der Waals surface area contributed by atoms with Gasteiger partial charge in [0, 0.05) is 6.54 Å². The van der Waals surface area contributed by atoms with Crippen LogP contribution in [0.5, 0.6) is 11.5 Å². The zero-order valence-corrected chi connectivity index (χ0v) is 12.1. The van der Waals surface area contributed by atoms with E-state index in [-0.39, 0.29) is 5.91 Å². The predicted molar refractivity (Wildman–Crippen MR) is 76.4 cm³/mol. The molecule has 0 aliphatic carbocycles. The Balaban J connectivity index is 2.67. The predicted octanol–water partition coefficient (Wildman–Crippen LogP) is 2.19. The van der Waals surface area contributed by atoms with Crippen molar-refractivity contribution in [3.8, 4) is 11.5 Å². The highest BCUT2D eigenvalue weighted by Crippen LogP contribution is 2.23. The van der Waals surface area contributed by atoms with E-state index in [1.54, 1.807) is 25.1 Å². The van der Waals surface area contributed by atoms with Crippen LogP contribution in [0.1, 0.15) is 37.0 Å². The molecule has 0 radical (unpaired) electrons. The number of carbonyl (C=O) groups excluding carboxylic acids is 2. The molecule has 0 spiro atoms. The molecule has 0 fully saturated rings. The van der Waals surface area contributed by atoms with Crippen molar-refractivity contribution in [3.63, 3.8) is 0 Å². The van der Waals surface area contributed by atoms with E-state index in [2.05, 4.69) is 12.2 Å². The average molecular weight is 279 g/mol. The molecular weight excluding hydrogens is 258 g/mol. The minimum absolute atomic E-state index is 0.189. The van der Waals surface area contributed by atoms with E-state index >= 15 is 0 Å². The average Bonchev–Trinajstić information content (AvgIpc) is 2.47. The van der Waals surface area contributed by atoms with Crippen LogP contribution in [-0.4, -0.2) is 32.0 Å². The topological polar surface area (TPSA) is 64.6 Å². The highest BCUT2D eigenvalue weighted by atomic mass is 16.5. The number of rotatable bonds is 8. The molecule has 1 aromatic carbocycles. The lowest BCUT2D eigenvalue weighted by molar-refractivity contribution is -0.127. The molecule has 0 aromatic heterocycles. The van der Waals surface area contributed by atoms with E-state index in [0.717, 1.165) is 12.8 Å². The summed E-state index contributed by atoms with van der Waals surface area (Å²) in [6, 6.07) is 4.88. The molecule has 1 rings (SSSR count). The molecule has 0 saturated heterocycles. The smallest absolute Gasteiger partial charge is 0.260 e. The number of nitrogens with one attached hydrogen (secondary N) is 1. The molecule has 0 bridgehead atoms. The molecule has 0 aliphatic rings. The van der Waals surface area contributed by atoms with E-state index in [1.165, 1.54) is 7.11 Å². The summed E-state index contributed by atoms with van der Waals surface area (Å²) in [7, 11) is 1.52. The second-order valence-corrected chi connectivity index (χ2v) is 4.43. The fourth-order valence-corrected chi connectivity index (χ4v) is 1.63. The van der Waals surface area contributed by atoms with Crippen molar-refractivity contribution < 1.29 is 19.1 Å². The van der Waals surface area contributed by atoms with Crippen LogP contribution in [0.3, 0.4) is 0 Å². The maximum atomic E-state index is 11.8. The molecule has 0 heterocycles. The van der Waals surface area contributed by atoms with Crippen molar-refractivity contribution in [3.05, 3.63) is 23.8 Å². The van der Waals surface area contributed by atoms with Crippen LogP contribution in [0.2, 0.25) is 0 Å². The van der Waals surface area contributed by atoms with Gasteiger partial charge in [0.05, 0.1) is 12.7 Å². The highest BCUT2D eigenvalue weighted by Gasteiger charge is 2.16. The van der Waals surface area contributed by atoms with Crippen molar-refractivity contribution in [1.29, 1.82) is 0 Å². The Bertz CT molecular complexity index is 459. The summed E-state index contributed by atoms with van der Waals surface area (Å²) in [5.74, 6) is 0.754. The van der Waals surface area contributed by atoms with Gasteiger partial charge in [-0.1, -0.05) is 13.3 Å². The first-order valence-corrected chi connectivity index (χ1v) is 6.70. The van der Waals surface area contributed by atoms with Crippen LogP contribution in [0.4, 0.5) is 0 Å². The molecule has 1 N–H and O–H groups in total. The molecule has 5 heteroatoms. The van der Waals surface area contributed by atoms with Gasteiger partial charge < -0.3 is 14.8 Å². The number of amides is 1. The Morgan fingerprint density at radius 3 is 2.80 bits per heavy atom. The van der Waals surface area contributed by atoms with Crippen LogP contribution in [-0.2, 0) is 4.79 Å². The van der Waals surface area contributed by atoms with Gasteiger partial charge in [0.15, 0.2) is 12.4 Å². The SMILES string of the molecule is CCCCNC(=O)C(C)Oc1ccc(OC)cc1C=O. The summed E-state index contributed by atoms with van der Waals surface area (Å²) in [4.78, 5) is 22.8. The van der Waals surface area contributed by atoms with E-state index in [9.17, 15) is 9.59 Å². The Kier molecular flexibility index (Phi) is 6.56. The first-order chi connectivity index (χ1) is 9.62. The van der Waals surface area contributed by atoms with E-state index in [1.807, 2.05) is 0 Å². The Morgan fingerprint density at radius 2 is 2.20 bits per heavy atom. The van der Waals surface area contributed by atoms with Gasteiger partial charge >= 0.3 is 0 Å². The molecule has 20 heavy (non-hydrogen) atoms. The largest absolute Gasteiger partial charge is 0.497 e. The van der Waals surface area contributed by atoms with E-state index in [0.29, 0.717) is 29.9 Å². The van der Waals surface area contributed by atoms with Crippen LogP contribution in [0.25, 0.3) is 0 Å². The van der Waals surface area contributed by atoms with Crippen LogP contribution in [0.15, 0.2) is 18.2 Å². The summed E-state index contributed by atoms with van der Waals surface area (Å²) < 4.78 is 10.6. The monoisotopic (exact) mass is 279 g/mol. The van der Waals surface area contributed by atoms with E-state index < -0.39 is 6.10 Å². The lowest BCUT2D eigenvalue weighted by Crippen LogP contribution is -2.36. The number of benzene rings is 1. The van der Waals surface area contributed by atoms with Gasteiger partial charge in [-0.15, -0.1) is 0 Å². The zero-order chi connectivity index (χ0) is 15.0. The maximum absolute atomic E-state index is 11.8. The minimum Gasteiger partial charge on any atom is -0.497 e. The number of hydrogen-bond acceptors (Lipinski definition) is 4. The third-order valence-corrected chi connectivity index (χ3v) is 2.85. The number of methoxy groups -OCH3 is 1. The first kappa shape index (κ1) is 16.0. The molecule has 1 atom stereocenters. The van der Waals surface area contributed by atoms with Crippen molar-refractivity contribution in [2.24, 2.45) is 0 Å². The van der Waals surface area contributed by atoms with Crippen molar-refractivity contribution in [1.82, 2.24) is 5.32 Å². The lowest BCUT2D eigenvalue weighted by Gasteiger charge is -2.16. The molecule has 0 saturated carbocycles. The zero-order valence-electron chi connectivity index (χ0n) is 12.1. The van der Waals surface area contributed by atoms with E-state index in [4.69, 9.17) is 9.47 Å². The maximum Gasteiger partial charge on any atom is 0.260 e. The van der Waals surface area contributed by atoms with Crippen molar-refractivity contribution in [2.75, 3.05) is 13.7 Å². The quantitative estimate of drug-likeness (QED) is 0.585. The molecule has 0 aliphatic heterocycles. The molecule has 1 unspecified atom stereocenters. The van der Waals surface area contributed by atoms with Crippen LogP contribution < -0.4 is 14.8 Å². The molecule has 110 valence electrons. The number of aldehydes is 1.